The first-order chi connectivity index (χ1) is 18.4. The lowest BCUT2D eigenvalue weighted by atomic mass is 10.1. The SMILES string of the molecule is CCCCCCCCCCCOc1ccccc1C(=O)Nc1ccc(C(=O)OCC[N+](C)(CC)CC)cc1.[Br-]. The van der Waals surface area contributed by atoms with Crippen molar-refractivity contribution in [1.82, 2.24) is 0 Å². The molecule has 0 bridgehead atoms. The summed E-state index contributed by atoms with van der Waals surface area (Å²) in [5.74, 6) is 0.00499. The number of esters is 1. The number of carbonyl (C=O) groups excluding carboxylic acids is 2. The molecule has 39 heavy (non-hydrogen) atoms. The highest BCUT2D eigenvalue weighted by molar-refractivity contribution is 6.06. The summed E-state index contributed by atoms with van der Waals surface area (Å²) in [6, 6.07) is 14.1. The lowest BCUT2D eigenvalue weighted by Gasteiger charge is -2.31. The zero-order chi connectivity index (χ0) is 27.6. The number of halogens is 1. The van der Waals surface area contributed by atoms with E-state index in [-0.39, 0.29) is 28.9 Å². The Balaban J connectivity index is 0.00000760. The average Bonchev–Trinajstić information content (AvgIpc) is 2.94. The Labute approximate surface area is 246 Å². The van der Waals surface area contributed by atoms with Crippen LogP contribution in [0.25, 0.3) is 0 Å². The first kappa shape index (κ1) is 34.6. The molecular weight excluding hydrogens is 556 g/mol. The molecule has 7 heteroatoms. The summed E-state index contributed by atoms with van der Waals surface area (Å²) in [4.78, 5) is 25.4. The van der Waals surface area contributed by atoms with Gasteiger partial charge in [0.15, 0.2) is 0 Å². The molecule has 0 unspecified atom stereocenters. The fraction of sp³-hybridized carbons (Fsp3) is 0.562. The van der Waals surface area contributed by atoms with Crippen LogP contribution in [0.2, 0.25) is 0 Å². The third-order valence-corrected chi connectivity index (χ3v) is 7.41. The van der Waals surface area contributed by atoms with Gasteiger partial charge in [-0.3, -0.25) is 4.79 Å². The normalized spacial score (nSPS) is 11.0. The van der Waals surface area contributed by atoms with Crippen LogP contribution in [0.1, 0.15) is 99.3 Å². The second kappa shape index (κ2) is 19.6. The highest BCUT2D eigenvalue weighted by atomic mass is 79.9. The number of amides is 1. The molecule has 218 valence electrons. The summed E-state index contributed by atoms with van der Waals surface area (Å²) in [5, 5.41) is 2.91. The van der Waals surface area contributed by atoms with Crippen molar-refractivity contribution in [3.05, 3.63) is 59.7 Å². The maximum atomic E-state index is 12.9. The number of anilines is 1. The van der Waals surface area contributed by atoms with E-state index in [1.165, 1.54) is 44.9 Å². The number of unbranched alkanes of at least 4 members (excludes halogenated alkanes) is 8. The Morgan fingerprint density at radius 3 is 1.97 bits per heavy atom. The number of quaternary nitrogens is 1. The summed E-state index contributed by atoms with van der Waals surface area (Å²) < 4.78 is 12.3. The minimum atomic E-state index is -0.350. The van der Waals surface area contributed by atoms with Gasteiger partial charge >= 0.3 is 5.97 Å². The van der Waals surface area contributed by atoms with Gasteiger partial charge in [-0.15, -0.1) is 0 Å². The Kier molecular flexibility index (Phi) is 17.5. The molecule has 0 atom stereocenters. The molecule has 1 amide bonds. The number of benzene rings is 2. The van der Waals surface area contributed by atoms with Crippen molar-refractivity contribution in [3.63, 3.8) is 0 Å². The number of rotatable bonds is 19. The Bertz CT molecular complexity index is 961. The highest BCUT2D eigenvalue weighted by Crippen LogP contribution is 2.21. The molecule has 0 heterocycles. The van der Waals surface area contributed by atoms with Crippen LogP contribution in [0.5, 0.6) is 5.75 Å². The van der Waals surface area contributed by atoms with Crippen LogP contribution in [-0.4, -0.2) is 56.3 Å². The highest BCUT2D eigenvalue weighted by Gasteiger charge is 2.18. The van der Waals surface area contributed by atoms with E-state index in [2.05, 4.69) is 33.1 Å². The molecule has 0 fully saturated rings. The number of nitrogens with one attached hydrogen (secondary N) is 1. The Hall–Kier alpha value is -2.38. The van der Waals surface area contributed by atoms with Crippen molar-refractivity contribution in [2.24, 2.45) is 0 Å². The van der Waals surface area contributed by atoms with Crippen molar-refractivity contribution in [2.75, 3.05) is 45.2 Å². The predicted octanol–water partition coefficient (Wildman–Crippen LogP) is 4.50. The number of hydrogen-bond acceptors (Lipinski definition) is 4. The standard InChI is InChI=1S/C32H48N2O4.BrH/c1-5-8-9-10-11-12-13-14-17-25-37-30-19-16-15-18-29(30)31(35)33-28-22-20-27(21-23-28)32(36)38-26-24-34(4,6-2)7-3;/h15-16,18-23H,5-14,17,24-26H2,1-4H3;1H. The zero-order valence-corrected chi connectivity index (χ0v) is 26.1. The Morgan fingerprint density at radius 1 is 0.769 bits per heavy atom. The molecule has 0 radical (unpaired) electrons. The van der Waals surface area contributed by atoms with Gasteiger partial charge in [-0.2, -0.15) is 0 Å². The first-order valence-corrected chi connectivity index (χ1v) is 14.6. The molecule has 0 aromatic heterocycles. The van der Waals surface area contributed by atoms with Crippen LogP contribution < -0.4 is 27.0 Å². The number of likely N-dealkylation sites (N-methyl/N-ethyl adjacent to an activating group) is 1. The Morgan fingerprint density at radius 2 is 1.36 bits per heavy atom. The lowest BCUT2D eigenvalue weighted by Crippen LogP contribution is -3.00. The maximum absolute atomic E-state index is 12.9. The van der Waals surface area contributed by atoms with Crippen molar-refractivity contribution in [2.45, 2.75) is 78.6 Å². The zero-order valence-electron chi connectivity index (χ0n) is 24.5. The largest absolute Gasteiger partial charge is 1.00 e. The van der Waals surface area contributed by atoms with Gasteiger partial charge in [0.2, 0.25) is 0 Å². The van der Waals surface area contributed by atoms with Crippen molar-refractivity contribution in [3.8, 4) is 5.75 Å². The second-order valence-electron chi connectivity index (χ2n) is 10.3. The van der Waals surface area contributed by atoms with E-state index in [0.29, 0.717) is 35.8 Å². The molecule has 2 aromatic rings. The third-order valence-electron chi connectivity index (χ3n) is 7.41. The van der Waals surface area contributed by atoms with Crippen LogP contribution in [-0.2, 0) is 4.74 Å². The van der Waals surface area contributed by atoms with Gasteiger partial charge in [-0.1, -0.05) is 70.4 Å². The van der Waals surface area contributed by atoms with Gasteiger partial charge < -0.3 is 36.3 Å². The predicted molar refractivity (Wildman–Crippen MR) is 156 cm³/mol. The van der Waals surface area contributed by atoms with Crippen molar-refractivity contribution in [1.29, 1.82) is 0 Å². The number of para-hydroxylation sites is 1. The second-order valence-corrected chi connectivity index (χ2v) is 10.3. The minimum Gasteiger partial charge on any atom is -1.00 e. The van der Waals surface area contributed by atoms with Crippen molar-refractivity contribution < 1.29 is 40.5 Å². The summed E-state index contributed by atoms with van der Waals surface area (Å²) >= 11 is 0. The van der Waals surface area contributed by atoms with Gasteiger partial charge in [-0.25, -0.2) is 4.79 Å². The quantitative estimate of drug-likeness (QED) is 0.146. The smallest absolute Gasteiger partial charge is 0.338 e. The van der Waals surface area contributed by atoms with Crippen LogP contribution in [0, 0.1) is 0 Å². The topological polar surface area (TPSA) is 64.6 Å². The van der Waals surface area contributed by atoms with Crippen LogP contribution in [0.15, 0.2) is 48.5 Å². The lowest BCUT2D eigenvalue weighted by molar-refractivity contribution is -0.906. The number of carbonyl (C=O) groups is 2. The summed E-state index contributed by atoms with van der Waals surface area (Å²) in [6.07, 6.45) is 11.3. The van der Waals surface area contributed by atoms with Gasteiger partial charge in [0.25, 0.3) is 5.91 Å². The molecule has 2 rings (SSSR count). The van der Waals surface area contributed by atoms with E-state index in [1.807, 2.05) is 18.2 Å². The molecule has 0 aliphatic heterocycles. The molecule has 0 spiro atoms. The van der Waals surface area contributed by atoms with E-state index in [0.717, 1.165) is 37.0 Å². The summed E-state index contributed by atoms with van der Waals surface area (Å²) in [7, 11) is 2.16. The van der Waals surface area contributed by atoms with Crippen molar-refractivity contribution >= 4 is 17.6 Å². The van der Waals surface area contributed by atoms with Gasteiger partial charge in [-0.05, 0) is 56.7 Å². The van der Waals surface area contributed by atoms with Gasteiger partial charge in [0, 0.05) is 5.69 Å². The summed E-state index contributed by atoms with van der Waals surface area (Å²) in [6.45, 7) is 10.3. The molecule has 6 nitrogen and oxygen atoms in total. The van der Waals surface area contributed by atoms with Crippen LogP contribution in [0.3, 0.4) is 0 Å². The monoisotopic (exact) mass is 604 g/mol. The van der Waals surface area contributed by atoms with Crippen LogP contribution in [0.4, 0.5) is 5.69 Å². The van der Waals surface area contributed by atoms with E-state index >= 15 is 0 Å². The average molecular weight is 606 g/mol. The molecule has 0 saturated carbocycles. The molecule has 2 aromatic carbocycles. The van der Waals surface area contributed by atoms with Crippen LogP contribution >= 0.6 is 0 Å². The fourth-order valence-electron chi connectivity index (χ4n) is 4.24. The molecule has 1 N–H and O–H groups in total. The summed E-state index contributed by atoms with van der Waals surface area (Å²) in [5.41, 5.74) is 1.58. The number of ether oxygens (including phenoxy) is 2. The van der Waals surface area contributed by atoms with E-state index in [4.69, 9.17) is 9.47 Å². The first-order valence-electron chi connectivity index (χ1n) is 14.6. The molecule has 0 aliphatic carbocycles. The number of hydrogen-bond donors (Lipinski definition) is 1. The number of nitrogens with zero attached hydrogens (tertiary/aromatic N) is 1. The van der Waals surface area contributed by atoms with E-state index in [9.17, 15) is 9.59 Å². The van der Waals surface area contributed by atoms with Gasteiger partial charge in [0.1, 0.15) is 18.9 Å². The van der Waals surface area contributed by atoms with E-state index in [1.54, 1.807) is 30.3 Å². The molecular formula is C32H49BrN2O4. The van der Waals surface area contributed by atoms with E-state index < -0.39 is 0 Å². The molecule has 0 aliphatic rings. The minimum absolute atomic E-state index is 0. The fourth-order valence-corrected chi connectivity index (χ4v) is 4.24. The third kappa shape index (κ3) is 13.0. The molecule has 0 saturated heterocycles. The van der Waals surface area contributed by atoms with Gasteiger partial charge in [0.05, 0.1) is 37.9 Å². The maximum Gasteiger partial charge on any atom is 0.338 e.